The molecule has 0 fully saturated rings. The summed E-state index contributed by atoms with van der Waals surface area (Å²) in [6, 6.07) is 4.14. The van der Waals surface area contributed by atoms with Crippen LogP contribution in [0.1, 0.15) is 29.2 Å². The molecule has 1 aromatic carbocycles. The van der Waals surface area contributed by atoms with Crippen molar-refractivity contribution in [2.75, 3.05) is 12.8 Å². The third-order valence-corrected chi connectivity index (χ3v) is 5.62. The molecule has 122 valence electrons. The molecule has 0 aromatic heterocycles. The first-order valence-corrected chi connectivity index (χ1v) is 9.18. The van der Waals surface area contributed by atoms with Gasteiger partial charge in [-0.05, 0) is 56.0 Å². The van der Waals surface area contributed by atoms with Gasteiger partial charge >= 0.3 is 0 Å². The molecule has 0 heterocycles. The Hall–Kier alpha value is -1.62. The summed E-state index contributed by atoms with van der Waals surface area (Å²) in [6.07, 6.45) is 2.42. The molecule has 0 spiro atoms. The molecule has 1 unspecified atom stereocenters. The fraction of sp³-hybridized carbons (Fsp3) is 0.471. The third-order valence-electron chi connectivity index (χ3n) is 4.01. The van der Waals surface area contributed by atoms with E-state index in [1.807, 2.05) is 20.8 Å². The molecule has 1 amide bonds. The smallest absolute Gasteiger partial charge is 0.246 e. The van der Waals surface area contributed by atoms with E-state index in [9.17, 15) is 13.2 Å². The molecule has 0 aliphatic rings. The Labute approximate surface area is 133 Å². The predicted octanol–water partition coefficient (Wildman–Crippen LogP) is 2.56. The fourth-order valence-electron chi connectivity index (χ4n) is 2.20. The molecule has 4 nitrogen and oxygen atoms in total. The third kappa shape index (κ3) is 4.70. The van der Waals surface area contributed by atoms with Crippen molar-refractivity contribution >= 4 is 15.7 Å². The molecule has 1 rings (SSSR count). The lowest BCUT2D eigenvalue weighted by Gasteiger charge is -2.25. The largest absolute Gasteiger partial charge is 0.334 e. The van der Waals surface area contributed by atoms with Gasteiger partial charge in [-0.25, -0.2) is 8.42 Å². The number of benzene rings is 1. The minimum absolute atomic E-state index is 0.163. The van der Waals surface area contributed by atoms with Crippen LogP contribution >= 0.6 is 0 Å². The van der Waals surface area contributed by atoms with Crippen LogP contribution in [-0.4, -0.2) is 37.3 Å². The lowest BCUT2D eigenvalue weighted by Crippen LogP contribution is -2.38. The highest BCUT2D eigenvalue weighted by Gasteiger charge is 2.22. The normalized spacial score (nSPS) is 12.8. The Morgan fingerprint density at radius 1 is 1.23 bits per heavy atom. The van der Waals surface area contributed by atoms with Gasteiger partial charge in [0.05, 0.1) is 5.25 Å². The van der Waals surface area contributed by atoms with Crippen LogP contribution in [-0.2, 0) is 21.2 Å². The van der Waals surface area contributed by atoms with Crippen molar-refractivity contribution in [2.45, 2.75) is 39.5 Å². The Kier molecular flexibility index (Phi) is 5.94. The number of hydrogen-bond acceptors (Lipinski definition) is 3. The lowest BCUT2D eigenvalue weighted by molar-refractivity contribution is -0.126. The molecular formula is C17H25NO3S. The van der Waals surface area contributed by atoms with Crippen LogP contribution in [0.3, 0.4) is 0 Å². The average molecular weight is 323 g/mol. The van der Waals surface area contributed by atoms with E-state index in [4.69, 9.17) is 0 Å². The quantitative estimate of drug-likeness (QED) is 0.756. The predicted molar refractivity (Wildman–Crippen MR) is 90.6 cm³/mol. The number of nitrogens with zero attached hydrogens (tertiary/aromatic N) is 1. The zero-order valence-corrected chi connectivity index (χ0v) is 14.8. The van der Waals surface area contributed by atoms with Gasteiger partial charge in [-0.15, -0.1) is 0 Å². The minimum Gasteiger partial charge on any atom is -0.334 e. The summed E-state index contributed by atoms with van der Waals surface area (Å²) >= 11 is 0. The molecule has 0 saturated carbocycles. The van der Waals surface area contributed by atoms with Crippen molar-refractivity contribution in [1.82, 2.24) is 4.90 Å². The van der Waals surface area contributed by atoms with E-state index in [2.05, 4.69) is 18.7 Å². The van der Waals surface area contributed by atoms with Crippen LogP contribution in [0.4, 0.5) is 0 Å². The van der Waals surface area contributed by atoms with Crippen molar-refractivity contribution in [3.63, 3.8) is 0 Å². The van der Waals surface area contributed by atoms with Crippen LogP contribution in [0.25, 0.3) is 0 Å². The highest BCUT2D eigenvalue weighted by molar-refractivity contribution is 7.91. The van der Waals surface area contributed by atoms with Crippen molar-refractivity contribution in [3.05, 3.63) is 47.0 Å². The Balaban J connectivity index is 3.07. The molecule has 0 aliphatic carbocycles. The molecule has 1 atom stereocenters. The second-order valence-electron chi connectivity index (χ2n) is 5.93. The number of amides is 1. The van der Waals surface area contributed by atoms with Crippen molar-refractivity contribution < 1.29 is 13.2 Å². The summed E-state index contributed by atoms with van der Waals surface area (Å²) in [7, 11) is -3.19. The average Bonchev–Trinajstić information content (AvgIpc) is 2.41. The first-order chi connectivity index (χ1) is 10.1. The van der Waals surface area contributed by atoms with Gasteiger partial charge in [-0.3, -0.25) is 4.79 Å². The van der Waals surface area contributed by atoms with Crippen LogP contribution < -0.4 is 0 Å². The minimum atomic E-state index is -3.19. The Bertz CT molecular complexity index is 677. The number of hydrogen-bond donors (Lipinski definition) is 0. The van der Waals surface area contributed by atoms with Gasteiger partial charge in [0, 0.05) is 19.3 Å². The van der Waals surface area contributed by atoms with E-state index in [0.29, 0.717) is 6.54 Å². The lowest BCUT2D eigenvalue weighted by atomic mass is 10.0. The van der Waals surface area contributed by atoms with Gasteiger partial charge in [0.2, 0.25) is 5.91 Å². The molecule has 0 radical (unpaired) electrons. The van der Waals surface area contributed by atoms with E-state index >= 15 is 0 Å². The number of sulfone groups is 1. The summed E-state index contributed by atoms with van der Waals surface area (Å²) in [4.78, 5) is 13.6. The fourth-order valence-corrected chi connectivity index (χ4v) is 2.65. The maximum atomic E-state index is 12.1. The number of carbonyl (C=O) groups excluding carboxylic acids is 1. The topological polar surface area (TPSA) is 54.5 Å². The SMILES string of the molecule is C=CC(=O)N(Cc1cc(C)c(C)cc1C)CC(C)S(C)(=O)=O. The van der Waals surface area contributed by atoms with Crippen molar-refractivity contribution in [3.8, 4) is 0 Å². The number of aryl methyl sites for hydroxylation is 3. The standard InChI is InChI=1S/C17H25NO3S/c1-7-17(19)18(10-15(5)22(6,20)21)11-16-9-13(3)12(2)8-14(16)4/h7-9,15H,1,10-11H2,2-6H3. The van der Waals surface area contributed by atoms with Gasteiger partial charge < -0.3 is 4.90 Å². The summed E-state index contributed by atoms with van der Waals surface area (Å²) in [5.41, 5.74) is 4.48. The summed E-state index contributed by atoms with van der Waals surface area (Å²) < 4.78 is 23.3. The molecule has 0 bridgehead atoms. The monoisotopic (exact) mass is 323 g/mol. The first kappa shape index (κ1) is 18.4. The van der Waals surface area contributed by atoms with E-state index in [1.165, 1.54) is 22.8 Å². The van der Waals surface area contributed by atoms with Crippen LogP contribution in [0.15, 0.2) is 24.8 Å². The summed E-state index contributed by atoms with van der Waals surface area (Å²) in [5.74, 6) is -0.256. The Morgan fingerprint density at radius 3 is 2.27 bits per heavy atom. The second kappa shape index (κ2) is 7.09. The second-order valence-corrected chi connectivity index (χ2v) is 8.39. The van der Waals surface area contributed by atoms with Crippen LogP contribution in [0.2, 0.25) is 0 Å². The molecule has 0 N–H and O–H groups in total. The maximum Gasteiger partial charge on any atom is 0.246 e. The van der Waals surface area contributed by atoms with Gasteiger partial charge in [-0.1, -0.05) is 18.7 Å². The molecule has 0 saturated heterocycles. The van der Waals surface area contributed by atoms with Crippen LogP contribution in [0.5, 0.6) is 0 Å². The number of rotatable bonds is 6. The summed E-state index contributed by atoms with van der Waals surface area (Å²) in [6.45, 7) is 11.7. The zero-order chi connectivity index (χ0) is 17.1. The zero-order valence-electron chi connectivity index (χ0n) is 14.0. The molecule has 0 aliphatic heterocycles. The highest BCUT2D eigenvalue weighted by atomic mass is 32.2. The van der Waals surface area contributed by atoms with Gasteiger partial charge in [0.15, 0.2) is 9.84 Å². The van der Waals surface area contributed by atoms with E-state index < -0.39 is 15.1 Å². The van der Waals surface area contributed by atoms with Gasteiger partial charge in [0.1, 0.15) is 0 Å². The van der Waals surface area contributed by atoms with E-state index in [-0.39, 0.29) is 12.5 Å². The first-order valence-electron chi connectivity index (χ1n) is 7.23. The Morgan fingerprint density at radius 2 is 1.77 bits per heavy atom. The van der Waals surface area contributed by atoms with E-state index in [1.54, 1.807) is 6.92 Å². The molecule has 5 heteroatoms. The van der Waals surface area contributed by atoms with Gasteiger partial charge in [-0.2, -0.15) is 0 Å². The molecular weight excluding hydrogens is 298 g/mol. The molecule has 22 heavy (non-hydrogen) atoms. The molecule has 1 aromatic rings. The van der Waals surface area contributed by atoms with Crippen molar-refractivity contribution in [1.29, 1.82) is 0 Å². The van der Waals surface area contributed by atoms with E-state index in [0.717, 1.165) is 16.7 Å². The summed E-state index contributed by atoms with van der Waals surface area (Å²) in [5, 5.41) is -0.608. The number of carbonyl (C=O) groups is 1. The van der Waals surface area contributed by atoms with Crippen LogP contribution in [0, 0.1) is 20.8 Å². The van der Waals surface area contributed by atoms with Gasteiger partial charge in [0.25, 0.3) is 0 Å². The highest BCUT2D eigenvalue weighted by Crippen LogP contribution is 2.18. The maximum absolute atomic E-state index is 12.1. The van der Waals surface area contributed by atoms with Crippen molar-refractivity contribution in [2.24, 2.45) is 0 Å².